The van der Waals surface area contributed by atoms with Gasteiger partial charge < -0.3 is 5.32 Å². The summed E-state index contributed by atoms with van der Waals surface area (Å²) in [6, 6.07) is 7.55. The van der Waals surface area contributed by atoms with Crippen molar-refractivity contribution in [3.8, 4) is 0 Å². The van der Waals surface area contributed by atoms with E-state index in [9.17, 15) is 27.6 Å². The number of halogens is 3. The highest BCUT2D eigenvalue weighted by Gasteiger charge is 2.68. The van der Waals surface area contributed by atoms with Crippen LogP contribution in [0, 0.1) is 5.92 Å². The van der Waals surface area contributed by atoms with E-state index in [4.69, 9.17) is 0 Å². The molecule has 0 radical (unpaired) electrons. The van der Waals surface area contributed by atoms with E-state index < -0.39 is 29.7 Å². The maximum absolute atomic E-state index is 13.6. The van der Waals surface area contributed by atoms with Crippen LogP contribution in [0.15, 0.2) is 30.3 Å². The largest absolute Gasteiger partial charge is 0.440 e. The van der Waals surface area contributed by atoms with Gasteiger partial charge in [0.15, 0.2) is 0 Å². The van der Waals surface area contributed by atoms with Gasteiger partial charge in [0.1, 0.15) is 0 Å². The van der Waals surface area contributed by atoms with E-state index in [0.29, 0.717) is 4.90 Å². The molecule has 1 aromatic rings. The molecule has 4 amide bonds. The minimum atomic E-state index is -5.17. The van der Waals surface area contributed by atoms with Gasteiger partial charge in [-0.05, 0) is 17.9 Å². The second kappa shape index (κ2) is 7.35. The molecule has 1 heterocycles. The van der Waals surface area contributed by atoms with Crippen molar-refractivity contribution in [2.45, 2.75) is 38.5 Å². The van der Waals surface area contributed by atoms with Gasteiger partial charge in [-0.25, -0.2) is 4.79 Å². The molecular formula is C17H20F3N3O3. The quantitative estimate of drug-likeness (QED) is 0.753. The van der Waals surface area contributed by atoms with Crippen molar-refractivity contribution in [2.75, 3.05) is 6.54 Å². The molecule has 1 aliphatic rings. The number of alkyl halides is 3. The van der Waals surface area contributed by atoms with Crippen LogP contribution in [0.5, 0.6) is 0 Å². The zero-order chi connectivity index (χ0) is 19.5. The molecule has 2 N–H and O–H groups in total. The number of carbonyl (C=O) groups is 3. The molecule has 1 fully saturated rings. The third-order valence-electron chi connectivity index (χ3n) is 3.92. The van der Waals surface area contributed by atoms with Crippen LogP contribution < -0.4 is 10.6 Å². The number of hydrogen-bond acceptors (Lipinski definition) is 3. The van der Waals surface area contributed by atoms with Gasteiger partial charge >= 0.3 is 12.2 Å². The summed E-state index contributed by atoms with van der Waals surface area (Å²) in [6.45, 7) is 3.08. The van der Waals surface area contributed by atoms with Crippen LogP contribution >= 0.6 is 0 Å². The maximum atomic E-state index is 13.6. The Bertz CT molecular complexity index is 691. The molecule has 9 heteroatoms. The fourth-order valence-corrected chi connectivity index (χ4v) is 2.64. The summed E-state index contributed by atoms with van der Waals surface area (Å²) in [4.78, 5) is 36.8. The molecule has 26 heavy (non-hydrogen) atoms. The summed E-state index contributed by atoms with van der Waals surface area (Å²) in [5.74, 6) is -2.69. The predicted molar refractivity (Wildman–Crippen MR) is 86.8 cm³/mol. The van der Waals surface area contributed by atoms with Crippen molar-refractivity contribution >= 4 is 17.8 Å². The number of nitrogens with one attached hydrogen (secondary N) is 2. The lowest BCUT2D eigenvalue weighted by atomic mass is 10.1. The highest BCUT2D eigenvalue weighted by Crippen LogP contribution is 2.34. The normalized spacial score (nSPS) is 20.5. The highest BCUT2D eigenvalue weighted by molar-refractivity contribution is 6.08. The van der Waals surface area contributed by atoms with E-state index in [2.05, 4.69) is 0 Å². The van der Waals surface area contributed by atoms with Gasteiger partial charge in [-0.1, -0.05) is 44.2 Å². The first-order chi connectivity index (χ1) is 12.1. The van der Waals surface area contributed by atoms with Crippen LogP contribution in [0.1, 0.15) is 25.8 Å². The number of imide groups is 1. The van der Waals surface area contributed by atoms with E-state index in [1.54, 1.807) is 54.8 Å². The molecule has 0 unspecified atom stereocenters. The summed E-state index contributed by atoms with van der Waals surface area (Å²) in [5, 5.41) is 3.31. The zero-order valence-electron chi connectivity index (χ0n) is 14.4. The lowest BCUT2D eigenvalue weighted by molar-refractivity contribution is -0.204. The second-order valence-corrected chi connectivity index (χ2v) is 6.52. The molecule has 1 atom stereocenters. The number of rotatable bonds is 6. The number of benzene rings is 1. The number of amides is 4. The van der Waals surface area contributed by atoms with E-state index in [1.807, 2.05) is 0 Å². The molecule has 2 rings (SSSR count). The highest BCUT2D eigenvalue weighted by atomic mass is 19.4. The Morgan fingerprint density at radius 2 is 1.85 bits per heavy atom. The monoisotopic (exact) mass is 371 g/mol. The summed E-state index contributed by atoms with van der Waals surface area (Å²) >= 11 is 0. The zero-order valence-corrected chi connectivity index (χ0v) is 14.4. The van der Waals surface area contributed by atoms with Crippen LogP contribution in [0.3, 0.4) is 0 Å². The van der Waals surface area contributed by atoms with Crippen LogP contribution in [0.2, 0.25) is 0 Å². The number of nitrogens with zero attached hydrogens (tertiary/aromatic N) is 1. The van der Waals surface area contributed by atoms with Gasteiger partial charge in [0.05, 0.1) is 0 Å². The minimum Gasteiger partial charge on any atom is -0.318 e. The van der Waals surface area contributed by atoms with Crippen LogP contribution in [0.4, 0.5) is 18.0 Å². The molecule has 6 nitrogen and oxygen atoms in total. The van der Waals surface area contributed by atoms with Crippen LogP contribution in [-0.4, -0.2) is 41.1 Å². The van der Waals surface area contributed by atoms with Crippen molar-refractivity contribution in [1.82, 2.24) is 15.5 Å². The molecule has 1 aliphatic heterocycles. The fourth-order valence-electron chi connectivity index (χ4n) is 2.64. The van der Waals surface area contributed by atoms with Gasteiger partial charge in [-0.2, -0.15) is 13.2 Å². The third-order valence-corrected chi connectivity index (χ3v) is 3.92. The fraction of sp³-hybridized carbons (Fsp3) is 0.471. The molecule has 0 aromatic heterocycles. The molecular weight excluding hydrogens is 351 g/mol. The summed E-state index contributed by atoms with van der Waals surface area (Å²) < 4.78 is 40.8. The Hall–Kier alpha value is -2.58. The Morgan fingerprint density at radius 3 is 2.38 bits per heavy atom. The van der Waals surface area contributed by atoms with Crippen molar-refractivity contribution in [1.29, 1.82) is 0 Å². The van der Waals surface area contributed by atoms with E-state index >= 15 is 0 Å². The first-order valence-electron chi connectivity index (χ1n) is 8.12. The van der Waals surface area contributed by atoms with Gasteiger partial charge in [-0.15, -0.1) is 0 Å². The second-order valence-electron chi connectivity index (χ2n) is 6.52. The Balaban J connectivity index is 2.20. The maximum Gasteiger partial charge on any atom is 0.440 e. The lowest BCUT2D eigenvalue weighted by Crippen LogP contribution is -2.69. The van der Waals surface area contributed by atoms with Gasteiger partial charge in [0.25, 0.3) is 11.6 Å². The molecule has 142 valence electrons. The minimum absolute atomic E-state index is 0.202. The van der Waals surface area contributed by atoms with E-state index in [0.717, 1.165) is 5.56 Å². The van der Waals surface area contributed by atoms with Crippen molar-refractivity contribution < 1.29 is 27.6 Å². The molecule has 0 spiro atoms. The number of carbonyl (C=O) groups excluding carboxylic acids is 3. The van der Waals surface area contributed by atoms with Crippen molar-refractivity contribution in [3.63, 3.8) is 0 Å². The number of urea groups is 1. The number of hydrogen-bond donors (Lipinski definition) is 2. The summed E-state index contributed by atoms with van der Waals surface area (Å²) in [5.41, 5.74) is -2.66. The van der Waals surface area contributed by atoms with Crippen LogP contribution in [-0.2, 0) is 16.0 Å². The van der Waals surface area contributed by atoms with Crippen molar-refractivity contribution in [2.24, 2.45) is 5.92 Å². The van der Waals surface area contributed by atoms with Gasteiger partial charge in [0, 0.05) is 13.0 Å². The Morgan fingerprint density at radius 1 is 1.23 bits per heavy atom. The smallest absolute Gasteiger partial charge is 0.318 e. The van der Waals surface area contributed by atoms with E-state index in [1.165, 1.54) is 0 Å². The third kappa shape index (κ3) is 3.97. The SMILES string of the molecule is CC(C)CC(=O)N[C@@]1(C(F)(F)F)NC(=O)N(CCc2ccccc2)C1=O. The van der Waals surface area contributed by atoms with Crippen molar-refractivity contribution in [3.05, 3.63) is 35.9 Å². The van der Waals surface area contributed by atoms with Crippen LogP contribution in [0.25, 0.3) is 0 Å². The Labute approximate surface area is 148 Å². The molecule has 1 aromatic carbocycles. The van der Waals surface area contributed by atoms with E-state index in [-0.39, 0.29) is 25.3 Å². The summed E-state index contributed by atoms with van der Waals surface area (Å²) in [6.07, 6.45) is -5.17. The first-order valence-corrected chi connectivity index (χ1v) is 8.12. The lowest BCUT2D eigenvalue weighted by Gasteiger charge is -2.30. The molecule has 1 saturated heterocycles. The topological polar surface area (TPSA) is 78.5 Å². The standard InChI is InChI=1S/C17H20F3N3O3/c1-11(2)10-13(24)21-16(17(18,19)20)14(25)23(15(26)22-16)9-8-12-6-4-3-5-7-12/h3-7,11H,8-10H2,1-2H3,(H,21,24)(H,22,26)/t16-/m1/s1. The van der Waals surface area contributed by atoms with Gasteiger partial charge in [0.2, 0.25) is 5.91 Å². The first kappa shape index (κ1) is 19.7. The molecule has 0 aliphatic carbocycles. The average Bonchev–Trinajstić information content (AvgIpc) is 2.76. The molecule has 0 saturated carbocycles. The Kier molecular flexibility index (Phi) is 5.58. The summed E-state index contributed by atoms with van der Waals surface area (Å²) in [7, 11) is 0. The predicted octanol–water partition coefficient (Wildman–Crippen LogP) is 2.20. The molecule has 0 bridgehead atoms. The van der Waals surface area contributed by atoms with Gasteiger partial charge in [-0.3, -0.25) is 19.8 Å². The average molecular weight is 371 g/mol.